The van der Waals surface area contributed by atoms with E-state index in [0.29, 0.717) is 17.9 Å². The van der Waals surface area contributed by atoms with Gasteiger partial charge in [-0.2, -0.15) is 0 Å². The van der Waals surface area contributed by atoms with Crippen LogP contribution in [0.4, 0.5) is 4.39 Å². The normalized spacial score (nSPS) is 14.8. The molecule has 0 heterocycles. The van der Waals surface area contributed by atoms with Gasteiger partial charge >= 0.3 is 0 Å². The van der Waals surface area contributed by atoms with Crippen LogP contribution in [0.2, 0.25) is 0 Å². The fraction of sp³-hybridized carbons (Fsp3) is 0.571. The van der Waals surface area contributed by atoms with Gasteiger partial charge in [-0.05, 0) is 44.5 Å². The second kappa shape index (κ2) is 6.71. The van der Waals surface area contributed by atoms with Crippen molar-refractivity contribution in [2.24, 2.45) is 0 Å². The quantitative estimate of drug-likeness (QED) is 0.695. The van der Waals surface area contributed by atoms with Crippen molar-refractivity contribution in [3.63, 3.8) is 0 Å². The molecule has 1 aliphatic carbocycles. The maximum atomic E-state index is 13.6. The van der Waals surface area contributed by atoms with E-state index in [1.54, 1.807) is 19.2 Å². The monoisotopic (exact) mass is 252 g/mol. The number of hydrogen-bond donors (Lipinski definition) is 2. The topological polar surface area (TPSA) is 33.3 Å². The Hall–Kier alpha value is -1.13. The van der Waals surface area contributed by atoms with Gasteiger partial charge in [0, 0.05) is 18.2 Å². The van der Waals surface area contributed by atoms with E-state index in [2.05, 4.69) is 10.6 Å². The van der Waals surface area contributed by atoms with Gasteiger partial charge in [0.1, 0.15) is 11.6 Å². The number of nitrogens with one attached hydrogen (secondary N) is 2. The summed E-state index contributed by atoms with van der Waals surface area (Å²) in [6.07, 6.45) is 3.70. The van der Waals surface area contributed by atoms with E-state index in [9.17, 15) is 4.39 Å². The molecule has 0 radical (unpaired) electrons. The number of methoxy groups -OCH3 is 1. The molecular formula is C14H21FN2O. The third-order valence-electron chi connectivity index (χ3n) is 3.14. The molecule has 0 aliphatic heterocycles. The lowest BCUT2D eigenvalue weighted by Crippen LogP contribution is -2.23. The molecule has 100 valence electrons. The summed E-state index contributed by atoms with van der Waals surface area (Å²) in [4.78, 5) is 0. The minimum atomic E-state index is -0.210. The summed E-state index contributed by atoms with van der Waals surface area (Å²) in [5.41, 5.74) is 0.607. The first-order valence-electron chi connectivity index (χ1n) is 6.56. The first kappa shape index (κ1) is 13.3. The van der Waals surface area contributed by atoms with Crippen LogP contribution in [0.15, 0.2) is 18.2 Å². The van der Waals surface area contributed by atoms with Crippen molar-refractivity contribution >= 4 is 0 Å². The van der Waals surface area contributed by atoms with Crippen LogP contribution in [0.25, 0.3) is 0 Å². The standard InChI is InChI=1S/C14H21FN2O/c1-18-14-5-2-4-13(15)12(14)10-16-8-3-9-17-11-6-7-11/h2,4-5,11,16-17H,3,6-10H2,1H3. The van der Waals surface area contributed by atoms with Crippen LogP contribution in [0.1, 0.15) is 24.8 Å². The van der Waals surface area contributed by atoms with Crippen LogP contribution in [0, 0.1) is 5.82 Å². The summed E-state index contributed by atoms with van der Waals surface area (Å²) in [6.45, 7) is 2.43. The Bertz CT molecular complexity index is 380. The van der Waals surface area contributed by atoms with Crippen molar-refractivity contribution in [1.82, 2.24) is 10.6 Å². The van der Waals surface area contributed by atoms with Crippen LogP contribution >= 0.6 is 0 Å². The Labute approximate surface area is 108 Å². The second-order valence-corrected chi connectivity index (χ2v) is 4.68. The Balaban J connectivity index is 1.68. The van der Waals surface area contributed by atoms with Crippen molar-refractivity contribution in [3.05, 3.63) is 29.6 Å². The molecule has 1 aromatic rings. The van der Waals surface area contributed by atoms with E-state index < -0.39 is 0 Å². The van der Waals surface area contributed by atoms with Crippen LogP contribution in [-0.4, -0.2) is 26.2 Å². The van der Waals surface area contributed by atoms with Gasteiger partial charge < -0.3 is 15.4 Å². The van der Waals surface area contributed by atoms with E-state index in [1.165, 1.54) is 18.9 Å². The summed E-state index contributed by atoms with van der Waals surface area (Å²) in [6, 6.07) is 5.68. The second-order valence-electron chi connectivity index (χ2n) is 4.68. The fourth-order valence-corrected chi connectivity index (χ4v) is 1.92. The van der Waals surface area contributed by atoms with E-state index >= 15 is 0 Å². The highest BCUT2D eigenvalue weighted by Gasteiger charge is 2.19. The fourth-order valence-electron chi connectivity index (χ4n) is 1.92. The molecule has 1 fully saturated rings. The predicted molar refractivity (Wildman–Crippen MR) is 70.3 cm³/mol. The minimum Gasteiger partial charge on any atom is -0.496 e. The highest BCUT2D eigenvalue weighted by atomic mass is 19.1. The molecule has 0 atom stereocenters. The van der Waals surface area contributed by atoms with Gasteiger partial charge in [-0.3, -0.25) is 0 Å². The van der Waals surface area contributed by atoms with Crippen LogP contribution in [0.5, 0.6) is 5.75 Å². The molecule has 4 heteroatoms. The summed E-state index contributed by atoms with van der Waals surface area (Å²) in [5, 5.41) is 6.70. The number of rotatable bonds is 8. The summed E-state index contributed by atoms with van der Waals surface area (Å²) >= 11 is 0. The van der Waals surface area contributed by atoms with Crippen molar-refractivity contribution in [2.75, 3.05) is 20.2 Å². The van der Waals surface area contributed by atoms with Gasteiger partial charge in [-0.15, -0.1) is 0 Å². The van der Waals surface area contributed by atoms with E-state index in [4.69, 9.17) is 4.74 Å². The molecule has 0 aromatic heterocycles. The van der Waals surface area contributed by atoms with Gasteiger partial charge in [0.05, 0.1) is 7.11 Å². The number of hydrogen-bond acceptors (Lipinski definition) is 3. The highest BCUT2D eigenvalue weighted by Crippen LogP contribution is 2.20. The lowest BCUT2D eigenvalue weighted by molar-refractivity contribution is 0.401. The largest absolute Gasteiger partial charge is 0.496 e. The van der Waals surface area contributed by atoms with E-state index in [-0.39, 0.29) is 5.82 Å². The predicted octanol–water partition coefficient (Wildman–Crippen LogP) is 2.07. The molecule has 1 aromatic carbocycles. The van der Waals surface area contributed by atoms with Gasteiger partial charge in [0.25, 0.3) is 0 Å². The van der Waals surface area contributed by atoms with Crippen LogP contribution in [-0.2, 0) is 6.54 Å². The maximum Gasteiger partial charge on any atom is 0.131 e. The average Bonchev–Trinajstić information content (AvgIpc) is 3.19. The average molecular weight is 252 g/mol. The zero-order chi connectivity index (χ0) is 12.8. The van der Waals surface area contributed by atoms with Crippen molar-refractivity contribution in [1.29, 1.82) is 0 Å². The number of halogens is 1. The Morgan fingerprint density at radius 1 is 1.33 bits per heavy atom. The lowest BCUT2D eigenvalue weighted by Gasteiger charge is -2.10. The minimum absolute atomic E-state index is 0.210. The van der Waals surface area contributed by atoms with Gasteiger partial charge in [-0.25, -0.2) is 4.39 Å². The first-order chi connectivity index (χ1) is 8.81. The van der Waals surface area contributed by atoms with Gasteiger partial charge in [0.15, 0.2) is 0 Å². The van der Waals surface area contributed by atoms with Gasteiger partial charge in [0.2, 0.25) is 0 Å². The molecule has 18 heavy (non-hydrogen) atoms. The van der Waals surface area contributed by atoms with E-state index in [1.807, 2.05) is 0 Å². The SMILES string of the molecule is COc1cccc(F)c1CNCCCNC1CC1. The lowest BCUT2D eigenvalue weighted by atomic mass is 10.2. The number of ether oxygens (including phenoxy) is 1. The Morgan fingerprint density at radius 3 is 2.89 bits per heavy atom. The molecule has 0 spiro atoms. The molecule has 2 N–H and O–H groups in total. The molecule has 0 bridgehead atoms. The first-order valence-corrected chi connectivity index (χ1v) is 6.56. The molecule has 1 saturated carbocycles. The Morgan fingerprint density at radius 2 is 2.17 bits per heavy atom. The molecule has 1 aliphatic rings. The zero-order valence-electron chi connectivity index (χ0n) is 10.8. The van der Waals surface area contributed by atoms with Crippen molar-refractivity contribution < 1.29 is 9.13 Å². The third kappa shape index (κ3) is 3.96. The Kier molecular flexibility index (Phi) is 4.96. The molecule has 0 unspecified atom stereocenters. The number of benzene rings is 1. The van der Waals surface area contributed by atoms with Crippen molar-refractivity contribution in [2.45, 2.75) is 31.8 Å². The zero-order valence-corrected chi connectivity index (χ0v) is 10.8. The molecule has 3 nitrogen and oxygen atoms in total. The smallest absolute Gasteiger partial charge is 0.131 e. The van der Waals surface area contributed by atoms with Crippen LogP contribution < -0.4 is 15.4 Å². The highest BCUT2D eigenvalue weighted by molar-refractivity contribution is 5.34. The third-order valence-corrected chi connectivity index (χ3v) is 3.14. The molecule has 0 saturated heterocycles. The van der Waals surface area contributed by atoms with Gasteiger partial charge in [-0.1, -0.05) is 6.07 Å². The summed E-state index contributed by atoms with van der Waals surface area (Å²) < 4.78 is 18.7. The molecular weight excluding hydrogens is 231 g/mol. The summed E-state index contributed by atoms with van der Waals surface area (Å²) in [7, 11) is 1.57. The summed E-state index contributed by atoms with van der Waals surface area (Å²) in [5.74, 6) is 0.400. The van der Waals surface area contributed by atoms with Crippen LogP contribution in [0.3, 0.4) is 0 Å². The molecule has 0 amide bonds. The van der Waals surface area contributed by atoms with E-state index in [0.717, 1.165) is 25.6 Å². The molecule has 2 rings (SSSR count). The van der Waals surface area contributed by atoms with Crippen molar-refractivity contribution in [3.8, 4) is 5.75 Å². The maximum absolute atomic E-state index is 13.6.